The second kappa shape index (κ2) is 15.2. The van der Waals surface area contributed by atoms with Gasteiger partial charge in [0.15, 0.2) is 0 Å². The molecule has 37 heavy (non-hydrogen) atoms. The van der Waals surface area contributed by atoms with Gasteiger partial charge in [-0.2, -0.15) is 0 Å². The van der Waals surface area contributed by atoms with E-state index in [1.807, 2.05) is 13.0 Å². The molecule has 0 fully saturated rings. The van der Waals surface area contributed by atoms with Gasteiger partial charge in [-0.15, -0.1) is 20.4 Å². The number of benzene rings is 1. The van der Waals surface area contributed by atoms with Crippen molar-refractivity contribution in [2.24, 2.45) is 0 Å². The Bertz CT molecular complexity index is 1150. The van der Waals surface area contributed by atoms with E-state index in [-0.39, 0.29) is 0 Å². The van der Waals surface area contributed by atoms with Crippen molar-refractivity contribution < 1.29 is 9.59 Å². The van der Waals surface area contributed by atoms with E-state index in [1.54, 1.807) is 12.1 Å². The molecule has 4 N–H and O–H groups in total. The summed E-state index contributed by atoms with van der Waals surface area (Å²) in [5.74, 6) is 0. The lowest BCUT2D eigenvalue weighted by Crippen LogP contribution is -2.21. The highest BCUT2D eigenvalue weighted by Crippen LogP contribution is 2.23. The first-order chi connectivity index (χ1) is 18.0. The summed E-state index contributed by atoms with van der Waals surface area (Å²) < 4.78 is 0. The van der Waals surface area contributed by atoms with Gasteiger partial charge < -0.3 is 10.6 Å². The molecule has 0 aliphatic carbocycles. The number of urea groups is 2. The Morgan fingerprint density at radius 3 is 1.78 bits per heavy atom. The van der Waals surface area contributed by atoms with Crippen molar-refractivity contribution in [3.05, 3.63) is 33.8 Å². The number of nitrogens with one attached hydrogen (secondary N) is 4. The number of unbranched alkanes of at least 4 members (excludes halogenated alkanes) is 6. The van der Waals surface area contributed by atoms with E-state index in [0.717, 1.165) is 41.3 Å². The van der Waals surface area contributed by atoms with E-state index >= 15 is 0 Å². The van der Waals surface area contributed by atoms with E-state index in [0.29, 0.717) is 21.6 Å². The maximum Gasteiger partial charge on any atom is 0.325 e. The Hall–Kier alpha value is -3.12. The molecule has 3 rings (SSSR count). The lowest BCUT2D eigenvalue weighted by atomic mass is 10.2. The van der Waals surface area contributed by atoms with Crippen LogP contribution in [0.2, 0.25) is 0 Å². The van der Waals surface area contributed by atoms with Crippen molar-refractivity contribution in [1.82, 2.24) is 20.4 Å². The van der Waals surface area contributed by atoms with Crippen LogP contribution in [0.4, 0.5) is 31.2 Å². The van der Waals surface area contributed by atoms with Gasteiger partial charge >= 0.3 is 12.1 Å². The molecular weight excluding hydrogens is 508 g/mol. The summed E-state index contributed by atoms with van der Waals surface area (Å²) in [5, 5.41) is 30.2. The Labute approximate surface area is 226 Å². The van der Waals surface area contributed by atoms with Crippen LogP contribution >= 0.6 is 22.7 Å². The van der Waals surface area contributed by atoms with Crippen LogP contribution in [0.15, 0.2) is 18.2 Å². The lowest BCUT2D eigenvalue weighted by Gasteiger charge is -2.11. The molecule has 4 amide bonds. The SMILES string of the molecule is CCCCCCc1nnc(NC(=O)Nc2ccc(C)c(NC(=O)Nc3nnc(CCCCCC)s3)c2)s1. The van der Waals surface area contributed by atoms with Crippen molar-refractivity contribution in [3.63, 3.8) is 0 Å². The molecule has 0 aliphatic rings. The van der Waals surface area contributed by atoms with Gasteiger partial charge in [-0.05, 0) is 37.5 Å². The van der Waals surface area contributed by atoms with Gasteiger partial charge in [0.2, 0.25) is 10.3 Å². The van der Waals surface area contributed by atoms with E-state index < -0.39 is 12.1 Å². The van der Waals surface area contributed by atoms with Gasteiger partial charge in [-0.3, -0.25) is 10.6 Å². The van der Waals surface area contributed by atoms with Gasteiger partial charge in [-0.25, -0.2) is 9.59 Å². The maximum atomic E-state index is 12.5. The molecule has 0 unspecified atom stereocenters. The fourth-order valence-electron chi connectivity index (χ4n) is 3.56. The molecule has 0 saturated heterocycles. The Morgan fingerprint density at radius 1 is 0.703 bits per heavy atom. The molecule has 0 atom stereocenters. The van der Waals surface area contributed by atoms with Crippen molar-refractivity contribution >= 4 is 56.4 Å². The van der Waals surface area contributed by atoms with Crippen LogP contribution in [-0.2, 0) is 12.8 Å². The number of carbonyl (C=O) groups excluding carboxylic acids is 2. The van der Waals surface area contributed by atoms with Crippen molar-refractivity contribution in [3.8, 4) is 0 Å². The summed E-state index contributed by atoms with van der Waals surface area (Å²) in [4.78, 5) is 25.0. The van der Waals surface area contributed by atoms with Crippen LogP contribution in [0.3, 0.4) is 0 Å². The molecule has 200 valence electrons. The quantitative estimate of drug-likeness (QED) is 0.158. The van der Waals surface area contributed by atoms with Gasteiger partial charge in [0.05, 0.1) is 0 Å². The summed E-state index contributed by atoms with van der Waals surface area (Å²) in [6.45, 7) is 6.24. The average molecular weight is 545 g/mol. The minimum absolute atomic E-state index is 0.418. The first-order valence-corrected chi connectivity index (χ1v) is 14.5. The Balaban J connectivity index is 1.48. The van der Waals surface area contributed by atoms with Crippen LogP contribution in [0, 0.1) is 6.92 Å². The van der Waals surface area contributed by atoms with Crippen LogP contribution < -0.4 is 21.3 Å². The lowest BCUT2D eigenvalue weighted by molar-refractivity contribution is 0.261. The number of amides is 4. The predicted octanol–water partition coefficient (Wildman–Crippen LogP) is 7.23. The van der Waals surface area contributed by atoms with Crippen molar-refractivity contribution in [1.29, 1.82) is 0 Å². The number of nitrogens with zero attached hydrogens (tertiary/aromatic N) is 4. The molecular formula is C25H36N8O2S2. The summed E-state index contributed by atoms with van der Waals surface area (Å²) in [6.07, 6.45) is 11.0. The molecule has 12 heteroatoms. The number of carbonyl (C=O) groups is 2. The van der Waals surface area contributed by atoms with Gasteiger partial charge in [0, 0.05) is 24.2 Å². The van der Waals surface area contributed by atoms with Crippen molar-refractivity contribution in [2.75, 3.05) is 21.3 Å². The number of aryl methyl sites for hydroxylation is 3. The molecule has 0 radical (unpaired) electrons. The second-order valence-corrected chi connectivity index (χ2v) is 10.9. The topological polar surface area (TPSA) is 134 Å². The first-order valence-electron chi connectivity index (χ1n) is 12.9. The van der Waals surface area contributed by atoms with E-state index in [9.17, 15) is 9.59 Å². The van der Waals surface area contributed by atoms with Crippen LogP contribution in [-0.4, -0.2) is 32.5 Å². The average Bonchev–Trinajstić information content (AvgIpc) is 3.51. The van der Waals surface area contributed by atoms with Crippen LogP contribution in [0.25, 0.3) is 0 Å². The molecule has 1 aromatic carbocycles. The number of hydrogen-bond acceptors (Lipinski definition) is 8. The zero-order valence-electron chi connectivity index (χ0n) is 21.7. The number of anilines is 4. The predicted molar refractivity (Wildman–Crippen MR) is 152 cm³/mol. The Kier molecular flexibility index (Phi) is 11.7. The molecule has 2 heterocycles. The molecule has 0 saturated carbocycles. The zero-order chi connectivity index (χ0) is 26.5. The third-order valence-corrected chi connectivity index (χ3v) is 7.40. The number of hydrogen-bond donors (Lipinski definition) is 4. The first kappa shape index (κ1) is 28.5. The standard InChI is InChI=1S/C25H36N8O2S2/c1-4-6-8-10-12-20-30-32-24(36-20)28-22(34)26-18-15-14-17(3)19(16-18)27-23(35)29-25-33-31-21(37-25)13-11-9-7-5-2/h14-16H,4-13H2,1-3H3,(H2,26,28,32,34)(H2,27,29,33,35). The van der Waals surface area contributed by atoms with Crippen molar-refractivity contribution in [2.45, 2.75) is 85.0 Å². The summed E-state index contributed by atoms with van der Waals surface area (Å²) in [7, 11) is 0. The van der Waals surface area contributed by atoms with E-state index in [2.05, 4.69) is 55.5 Å². The molecule has 0 bridgehead atoms. The molecule has 2 aromatic heterocycles. The highest BCUT2D eigenvalue weighted by molar-refractivity contribution is 7.15. The smallest absolute Gasteiger partial charge is 0.308 e. The zero-order valence-corrected chi connectivity index (χ0v) is 23.4. The highest BCUT2D eigenvalue weighted by Gasteiger charge is 2.12. The molecule has 0 spiro atoms. The van der Waals surface area contributed by atoms with Crippen LogP contribution in [0.1, 0.15) is 80.8 Å². The third kappa shape index (κ3) is 10.0. The fourth-order valence-corrected chi connectivity index (χ4v) is 5.11. The maximum absolute atomic E-state index is 12.5. The van der Waals surface area contributed by atoms with E-state index in [4.69, 9.17) is 0 Å². The molecule has 10 nitrogen and oxygen atoms in total. The number of aromatic nitrogens is 4. The van der Waals surface area contributed by atoms with Crippen LogP contribution in [0.5, 0.6) is 0 Å². The van der Waals surface area contributed by atoms with Gasteiger partial charge in [-0.1, -0.05) is 81.1 Å². The van der Waals surface area contributed by atoms with E-state index in [1.165, 1.54) is 61.2 Å². The normalized spacial score (nSPS) is 10.8. The van der Waals surface area contributed by atoms with Gasteiger partial charge in [0.1, 0.15) is 10.0 Å². The summed E-state index contributed by atoms with van der Waals surface area (Å²) in [6, 6.07) is 4.45. The monoisotopic (exact) mass is 544 g/mol. The minimum Gasteiger partial charge on any atom is -0.308 e. The number of rotatable bonds is 14. The third-order valence-electron chi connectivity index (χ3n) is 5.61. The Morgan fingerprint density at radius 2 is 1.24 bits per heavy atom. The molecule has 3 aromatic rings. The fraction of sp³-hybridized carbons (Fsp3) is 0.520. The summed E-state index contributed by atoms with van der Waals surface area (Å²) in [5.41, 5.74) is 1.96. The minimum atomic E-state index is -0.423. The second-order valence-electron chi connectivity index (χ2n) is 8.81. The largest absolute Gasteiger partial charge is 0.325 e. The summed E-state index contributed by atoms with van der Waals surface area (Å²) >= 11 is 2.77. The van der Waals surface area contributed by atoms with Gasteiger partial charge in [0.25, 0.3) is 0 Å². The molecule has 0 aliphatic heterocycles. The highest BCUT2D eigenvalue weighted by atomic mass is 32.1.